The first-order valence-corrected chi connectivity index (χ1v) is 7.40. The van der Waals surface area contributed by atoms with Gasteiger partial charge in [0.2, 0.25) is 0 Å². The molecule has 1 aromatic heterocycles. The van der Waals surface area contributed by atoms with Crippen LogP contribution < -0.4 is 11.1 Å². The summed E-state index contributed by atoms with van der Waals surface area (Å²) in [6.45, 7) is 2.43. The largest absolute Gasteiger partial charge is 0.417 e. The molecule has 2 aromatic rings. The number of thiocarbonyl (C=S) groups is 1. The Hall–Kier alpha value is -1.60. The van der Waals surface area contributed by atoms with E-state index < -0.39 is 11.7 Å². The summed E-state index contributed by atoms with van der Waals surface area (Å²) in [5, 5.41) is 6.95. The van der Waals surface area contributed by atoms with Gasteiger partial charge in [-0.15, -0.1) is 0 Å². The zero-order valence-electron chi connectivity index (χ0n) is 11.1. The Morgan fingerprint density at radius 2 is 2.05 bits per heavy atom. The maximum atomic E-state index is 13.0. The highest BCUT2D eigenvalue weighted by Crippen LogP contribution is 2.34. The van der Waals surface area contributed by atoms with Crippen molar-refractivity contribution in [2.75, 3.05) is 5.32 Å². The van der Waals surface area contributed by atoms with Crippen molar-refractivity contribution in [2.24, 2.45) is 5.73 Å². The van der Waals surface area contributed by atoms with E-state index in [1.54, 1.807) is 17.4 Å². The second-order valence-corrected chi connectivity index (χ2v) is 5.74. The van der Waals surface area contributed by atoms with E-state index in [1.165, 1.54) is 6.07 Å². The molecule has 0 atom stereocenters. The van der Waals surface area contributed by atoms with Gasteiger partial charge in [0, 0.05) is 17.8 Å². The van der Waals surface area contributed by atoms with Gasteiger partial charge in [-0.1, -0.05) is 12.2 Å². The lowest BCUT2D eigenvalue weighted by atomic mass is 10.1. The number of thiophene rings is 1. The topological polar surface area (TPSA) is 38.0 Å². The van der Waals surface area contributed by atoms with Gasteiger partial charge in [0.1, 0.15) is 4.99 Å². The van der Waals surface area contributed by atoms with E-state index in [-0.39, 0.29) is 10.6 Å². The lowest BCUT2D eigenvalue weighted by Gasteiger charge is -2.14. The molecule has 0 saturated carbocycles. The van der Waals surface area contributed by atoms with Gasteiger partial charge in [0.05, 0.1) is 5.56 Å². The molecule has 0 bridgehead atoms. The van der Waals surface area contributed by atoms with Gasteiger partial charge in [-0.05, 0) is 47.0 Å². The Morgan fingerprint density at radius 3 is 2.57 bits per heavy atom. The van der Waals surface area contributed by atoms with E-state index in [0.717, 1.165) is 17.2 Å². The maximum absolute atomic E-state index is 13.0. The summed E-state index contributed by atoms with van der Waals surface area (Å²) in [7, 11) is 0. The molecule has 2 rings (SSSR count). The van der Waals surface area contributed by atoms with E-state index in [0.29, 0.717) is 12.2 Å². The van der Waals surface area contributed by atoms with Crippen molar-refractivity contribution in [3.63, 3.8) is 0 Å². The average molecular weight is 330 g/mol. The van der Waals surface area contributed by atoms with Crippen molar-refractivity contribution < 1.29 is 13.2 Å². The Balaban J connectivity index is 2.26. The fourth-order valence-corrected chi connectivity index (χ4v) is 2.90. The van der Waals surface area contributed by atoms with Crippen LogP contribution in [0, 0.1) is 6.92 Å². The number of benzene rings is 1. The number of nitrogens with two attached hydrogens (primary N) is 1. The fourth-order valence-electron chi connectivity index (χ4n) is 1.87. The fraction of sp³-hybridized carbons (Fsp3) is 0.214. The number of alkyl halides is 3. The first-order valence-electron chi connectivity index (χ1n) is 6.05. The smallest absolute Gasteiger partial charge is 0.389 e. The Kier molecular flexibility index (Phi) is 4.53. The third-order valence-corrected chi connectivity index (χ3v) is 4.17. The molecular weight excluding hydrogens is 317 g/mol. The number of nitrogens with one attached hydrogen (secondary N) is 1. The molecule has 0 saturated heterocycles. The predicted octanol–water partition coefficient (Wildman–Crippen LogP) is 4.32. The van der Waals surface area contributed by atoms with Crippen LogP contribution in [0.15, 0.2) is 29.0 Å². The SMILES string of the molecule is Cc1cscc1CNc1ccc(C(N)=S)c(C(F)(F)F)c1. The molecule has 0 aliphatic rings. The lowest BCUT2D eigenvalue weighted by molar-refractivity contribution is -0.137. The molecule has 1 heterocycles. The standard InChI is InChI=1S/C14H13F3N2S2/c1-8-6-21-7-9(8)5-19-10-2-3-11(13(18)20)12(4-10)14(15,16)17/h2-4,6-7,19H,5H2,1H3,(H2,18,20). The van der Waals surface area contributed by atoms with Crippen molar-refractivity contribution in [3.8, 4) is 0 Å². The maximum Gasteiger partial charge on any atom is 0.417 e. The van der Waals surface area contributed by atoms with Crippen LogP contribution in [-0.4, -0.2) is 4.99 Å². The number of halogens is 3. The molecule has 3 N–H and O–H groups in total. The average Bonchev–Trinajstić information content (AvgIpc) is 2.80. The number of aryl methyl sites for hydroxylation is 1. The molecular formula is C14H13F3N2S2. The van der Waals surface area contributed by atoms with Crippen molar-refractivity contribution in [3.05, 3.63) is 51.2 Å². The zero-order chi connectivity index (χ0) is 15.6. The van der Waals surface area contributed by atoms with Crippen molar-refractivity contribution in [1.29, 1.82) is 0 Å². The molecule has 21 heavy (non-hydrogen) atoms. The van der Waals surface area contributed by atoms with Gasteiger partial charge in [-0.25, -0.2) is 0 Å². The van der Waals surface area contributed by atoms with Crippen LogP contribution >= 0.6 is 23.6 Å². The quantitative estimate of drug-likeness (QED) is 0.820. The minimum absolute atomic E-state index is 0.158. The summed E-state index contributed by atoms with van der Waals surface area (Å²) < 4.78 is 39.1. The van der Waals surface area contributed by atoms with Gasteiger partial charge in [0.15, 0.2) is 0 Å². The van der Waals surface area contributed by atoms with E-state index in [2.05, 4.69) is 17.5 Å². The highest BCUT2D eigenvalue weighted by molar-refractivity contribution is 7.80. The van der Waals surface area contributed by atoms with Crippen molar-refractivity contribution in [1.82, 2.24) is 0 Å². The normalized spacial score (nSPS) is 11.4. The molecule has 0 spiro atoms. The van der Waals surface area contributed by atoms with Crippen molar-refractivity contribution >= 4 is 34.2 Å². The Labute approximate surface area is 129 Å². The van der Waals surface area contributed by atoms with Gasteiger partial charge in [-0.2, -0.15) is 24.5 Å². The molecule has 0 aliphatic heterocycles. The summed E-state index contributed by atoms with van der Waals surface area (Å²) >= 11 is 6.23. The number of hydrogen-bond donors (Lipinski definition) is 2. The summed E-state index contributed by atoms with van der Waals surface area (Å²) in [6, 6.07) is 3.88. The summed E-state index contributed by atoms with van der Waals surface area (Å²) in [5.74, 6) is 0. The summed E-state index contributed by atoms with van der Waals surface area (Å²) in [4.78, 5) is -0.262. The van der Waals surface area contributed by atoms with Crippen LogP contribution in [0.2, 0.25) is 0 Å². The highest BCUT2D eigenvalue weighted by atomic mass is 32.1. The minimum atomic E-state index is -4.49. The van der Waals surface area contributed by atoms with E-state index in [4.69, 9.17) is 5.73 Å². The first-order chi connectivity index (χ1) is 9.79. The van der Waals surface area contributed by atoms with Gasteiger partial charge < -0.3 is 11.1 Å². The molecule has 0 amide bonds. The van der Waals surface area contributed by atoms with E-state index in [9.17, 15) is 13.2 Å². The second-order valence-electron chi connectivity index (χ2n) is 4.56. The Bertz CT molecular complexity index is 662. The highest BCUT2D eigenvalue weighted by Gasteiger charge is 2.34. The molecule has 0 aliphatic carbocycles. The molecule has 7 heteroatoms. The Morgan fingerprint density at radius 1 is 1.33 bits per heavy atom. The predicted molar refractivity (Wildman–Crippen MR) is 83.7 cm³/mol. The second kappa shape index (κ2) is 6.03. The van der Waals surface area contributed by atoms with Gasteiger partial charge in [0.25, 0.3) is 0 Å². The van der Waals surface area contributed by atoms with Crippen LogP contribution in [0.5, 0.6) is 0 Å². The van der Waals surface area contributed by atoms with Crippen molar-refractivity contribution in [2.45, 2.75) is 19.6 Å². The van der Waals surface area contributed by atoms with Gasteiger partial charge >= 0.3 is 6.18 Å². The van der Waals surface area contributed by atoms with Crippen LogP contribution in [-0.2, 0) is 12.7 Å². The van der Waals surface area contributed by atoms with Crippen LogP contribution in [0.3, 0.4) is 0 Å². The van der Waals surface area contributed by atoms with E-state index in [1.807, 2.05) is 17.7 Å². The minimum Gasteiger partial charge on any atom is -0.389 e. The first kappa shape index (κ1) is 15.8. The molecule has 1 aromatic carbocycles. The molecule has 0 radical (unpaired) electrons. The summed E-state index contributed by atoms with van der Waals surface area (Å²) in [6.07, 6.45) is -4.49. The van der Waals surface area contributed by atoms with Gasteiger partial charge in [-0.3, -0.25) is 0 Å². The molecule has 0 unspecified atom stereocenters. The number of rotatable bonds is 4. The molecule has 2 nitrogen and oxygen atoms in total. The van der Waals surface area contributed by atoms with Crippen LogP contribution in [0.4, 0.5) is 18.9 Å². The van der Waals surface area contributed by atoms with Crippen LogP contribution in [0.1, 0.15) is 22.3 Å². The number of anilines is 1. The molecule has 0 fully saturated rings. The number of hydrogen-bond acceptors (Lipinski definition) is 3. The zero-order valence-corrected chi connectivity index (χ0v) is 12.8. The van der Waals surface area contributed by atoms with E-state index >= 15 is 0 Å². The summed E-state index contributed by atoms with van der Waals surface area (Å²) in [5.41, 5.74) is 6.93. The lowest BCUT2D eigenvalue weighted by Crippen LogP contribution is -2.18. The third-order valence-electron chi connectivity index (χ3n) is 3.04. The third kappa shape index (κ3) is 3.74. The monoisotopic (exact) mass is 330 g/mol. The molecule has 112 valence electrons. The van der Waals surface area contributed by atoms with Crippen LogP contribution in [0.25, 0.3) is 0 Å².